The lowest BCUT2D eigenvalue weighted by Gasteiger charge is -2.32. The number of methoxy groups -OCH3 is 1. The second-order valence-electron chi connectivity index (χ2n) is 8.15. The molecule has 1 saturated heterocycles. The Hall–Kier alpha value is -2.54. The van der Waals surface area contributed by atoms with E-state index in [1.54, 1.807) is 31.4 Å². The number of hydrogen-bond donors (Lipinski definition) is 0. The number of benzene rings is 2. The fourth-order valence-corrected chi connectivity index (χ4v) is 5.08. The maximum atomic E-state index is 12.7. The lowest BCUT2D eigenvalue weighted by Crippen LogP contribution is -2.39. The molecule has 2 aromatic rings. The maximum Gasteiger partial charge on any atom is 0.232 e. The Morgan fingerprint density at radius 2 is 1.81 bits per heavy atom. The first-order valence-electron chi connectivity index (χ1n) is 10.8. The van der Waals surface area contributed by atoms with Crippen molar-refractivity contribution in [2.45, 2.75) is 32.1 Å². The molecule has 0 N–H and O–H groups in total. The number of nitrogens with zero attached hydrogens (tertiary/aromatic N) is 2. The van der Waals surface area contributed by atoms with Gasteiger partial charge in [-0.25, -0.2) is 8.42 Å². The van der Waals surface area contributed by atoms with E-state index < -0.39 is 10.0 Å². The molecule has 1 aliphatic rings. The third-order valence-corrected chi connectivity index (χ3v) is 7.02. The fourth-order valence-electron chi connectivity index (χ4n) is 4.12. The first-order valence-corrected chi connectivity index (χ1v) is 12.6. The van der Waals surface area contributed by atoms with Gasteiger partial charge in [0.05, 0.1) is 19.1 Å². The second kappa shape index (κ2) is 10.7. The minimum absolute atomic E-state index is 0.109. The van der Waals surface area contributed by atoms with E-state index in [4.69, 9.17) is 4.74 Å². The largest absolute Gasteiger partial charge is 0.497 e. The molecule has 0 unspecified atom stereocenters. The van der Waals surface area contributed by atoms with Crippen LogP contribution in [0.1, 0.15) is 31.2 Å². The summed E-state index contributed by atoms with van der Waals surface area (Å²) in [5, 5.41) is 0. The van der Waals surface area contributed by atoms with Crippen LogP contribution in [0.4, 0.5) is 5.69 Å². The molecule has 2 aromatic carbocycles. The van der Waals surface area contributed by atoms with Gasteiger partial charge in [-0.3, -0.25) is 9.10 Å². The fraction of sp³-hybridized carbons (Fsp3) is 0.458. The van der Waals surface area contributed by atoms with Crippen molar-refractivity contribution in [1.29, 1.82) is 0 Å². The van der Waals surface area contributed by atoms with Gasteiger partial charge in [-0.15, -0.1) is 0 Å². The predicted molar refractivity (Wildman–Crippen MR) is 124 cm³/mol. The van der Waals surface area contributed by atoms with E-state index in [9.17, 15) is 13.2 Å². The van der Waals surface area contributed by atoms with Crippen LogP contribution in [0.5, 0.6) is 5.75 Å². The SMILES string of the molecule is COc1cccc(N(CCCC(=O)N2CCC(Cc3ccccc3)CC2)S(C)(=O)=O)c1. The average Bonchev–Trinajstić information content (AvgIpc) is 2.77. The Labute approximate surface area is 185 Å². The van der Waals surface area contributed by atoms with Crippen molar-refractivity contribution >= 4 is 21.6 Å². The number of ether oxygens (including phenoxy) is 1. The number of hydrogen-bond acceptors (Lipinski definition) is 4. The summed E-state index contributed by atoms with van der Waals surface area (Å²) in [6.45, 7) is 1.83. The molecular weight excluding hydrogens is 412 g/mol. The van der Waals surface area contributed by atoms with Crippen LogP contribution in [-0.2, 0) is 21.2 Å². The van der Waals surface area contributed by atoms with Crippen molar-refractivity contribution in [1.82, 2.24) is 4.90 Å². The third kappa shape index (κ3) is 6.72. The smallest absolute Gasteiger partial charge is 0.232 e. The molecule has 31 heavy (non-hydrogen) atoms. The molecule has 0 atom stereocenters. The number of amides is 1. The minimum atomic E-state index is -3.45. The van der Waals surface area contributed by atoms with E-state index in [-0.39, 0.29) is 12.5 Å². The van der Waals surface area contributed by atoms with Crippen LogP contribution in [0.25, 0.3) is 0 Å². The Morgan fingerprint density at radius 1 is 1.10 bits per heavy atom. The number of sulfonamides is 1. The van der Waals surface area contributed by atoms with Gasteiger partial charge in [-0.1, -0.05) is 36.4 Å². The van der Waals surface area contributed by atoms with Gasteiger partial charge >= 0.3 is 0 Å². The van der Waals surface area contributed by atoms with Crippen LogP contribution in [0.15, 0.2) is 54.6 Å². The Balaban J connectivity index is 1.48. The third-order valence-electron chi connectivity index (χ3n) is 5.83. The van der Waals surface area contributed by atoms with Crippen molar-refractivity contribution in [3.63, 3.8) is 0 Å². The van der Waals surface area contributed by atoms with E-state index in [2.05, 4.69) is 24.3 Å². The molecule has 0 radical (unpaired) electrons. The van der Waals surface area contributed by atoms with Gasteiger partial charge in [-0.2, -0.15) is 0 Å². The van der Waals surface area contributed by atoms with Crippen LogP contribution >= 0.6 is 0 Å². The summed E-state index contributed by atoms with van der Waals surface area (Å²) >= 11 is 0. The van der Waals surface area contributed by atoms with Gasteiger partial charge in [-0.05, 0) is 49.3 Å². The summed E-state index contributed by atoms with van der Waals surface area (Å²) in [5.41, 5.74) is 1.90. The van der Waals surface area contributed by atoms with E-state index in [0.29, 0.717) is 30.2 Å². The molecule has 168 valence electrons. The maximum absolute atomic E-state index is 12.7. The molecule has 0 spiro atoms. The standard InChI is InChI=1S/C24H32N2O4S/c1-30-23-11-6-10-22(19-23)26(31(2,28)29)15-7-12-24(27)25-16-13-21(14-17-25)18-20-8-4-3-5-9-20/h3-6,8-11,19,21H,7,12-18H2,1-2H3. The molecule has 0 bridgehead atoms. The van der Waals surface area contributed by atoms with Crippen molar-refractivity contribution < 1.29 is 17.9 Å². The number of piperidine rings is 1. The highest BCUT2D eigenvalue weighted by atomic mass is 32.2. The van der Waals surface area contributed by atoms with Crippen LogP contribution < -0.4 is 9.04 Å². The van der Waals surface area contributed by atoms with Crippen LogP contribution in [0, 0.1) is 5.92 Å². The van der Waals surface area contributed by atoms with Gasteiger partial charge < -0.3 is 9.64 Å². The van der Waals surface area contributed by atoms with E-state index in [1.807, 2.05) is 11.0 Å². The lowest BCUT2D eigenvalue weighted by atomic mass is 9.90. The minimum Gasteiger partial charge on any atom is -0.497 e. The molecule has 0 aromatic heterocycles. The Bertz CT molecular complexity index is 955. The number of anilines is 1. The van der Waals surface area contributed by atoms with Crippen molar-refractivity contribution in [2.75, 3.05) is 37.3 Å². The number of carbonyl (C=O) groups excluding carboxylic acids is 1. The van der Waals surface area contributed by atoms with Gasteiger partial charge in [0.15, 0.2) is 0 Å². The van der Waals surface area contributed by atoms with Crippen molar-refractivity contribution in [3.05, 3.63) is 60.2 Å². The molecule has 3 rings (SSSR count). The molecule has 7 heteroatoms. The number of likely N-dealkylation sites (tertiary alicyclic amines) is 1. The van der Waals surface area contributed by atoms with Crippen molar-refractivity contribution in [2.24, 2.45) is 5.92 Å². The molecule has 1 aliphatic heterocycles. The summed E-state index contributed by atoms with van der Waals surface area (Å²) in [4.78, 5) is 14.6. The van der Waals surface area contributed by atoms with Gasteiger partial charge in [0.2, 0.25) is 15.9 Å². The highest BCUT2D eigenvalue weighted by Gasteiger charge is 2.24. The molecule has 1 heterocycles. The lowest BCUT2D eigenvalue weighted by molar-refractivity contribution is -0.132. The Morgan fingerprint density at radius 3 is 2.45 bits per heavy atom. The Kier molecular flexibility index (Phi) is 7.96. The van der Waals surface area contributed by atoms with E-state index >= 15 is 0 Å². The molecule has 1 amide bonds. The van der Waals surface area contributed by atoms with Gasteiger partial charge in [0, 0.05) is 32.1 Å². The first kappa shape index (κ1) is 23.1. The summed E-state index contributed by atoms with van der Waals surface area (Å²) < 4.78 is 31.1. The zero-order chi connectivity index (χ0) is 22.3. The summed E-state index contributed by atoms with van der Waals surface area (Å²) in [7, 11) is -1.90. The highest BCUT2D eigenvalue weighted by molar-refractivity contribution is 7.92. The average molecular weight is 445 g/mol. The van der Waals surface area contributed by atoms with Crippen molar-refractivity contribution in [3.8, 4) is 5.75 Å². The van der Waals surface area contributed by atoms with E-state index in [0.717, 1.165) is 32.4 Å². The normalized spacial score (nSPS) is 15.0. The zero-order valence-corrected chi connectivity index (χ0v) is 19.2. The second-order valence-corrected chi connectivity index (χ2v) is 10.1. The van der Waals surface area contributed by atoms with Gasteiger partial charge in [0.25, 0.3) is 0 Å². The molecule has 1 fully saturated rings. The highest BCUT2D eigenvalue weighted by Crippen LogP contribution is 2.25. The van der Waals surface area contributed by atoms with Crippen LogP contribution in [0.2, 0.25) is 0 Å². The molecule has 0 aliphatic carbocycles. The number of rotatable bonds is 9. The first-order chi connectivity index (χ1) is 14.9. The molecule has 6 nitrogen and oxygen atoms in total. The zero-order valence-electron chi connectivity index (χ0n) is 18.4. The van der Waals surface area contributed by atoms with E-state index in [1.165, 1.54) is 16.1 Å². The van der Waals surface area contributed by atoms with Gasteiger partial charge in [0.1, 0.15) is 5.75 Å². The number of carbonyl (C=O) groups is 1. The monoisotopic (exact) mass is 444 g/mol. The molecule has 0 saturated carbocycles. The summed E-state index contributed by atoms with van der Waals surface area (Å²) in [6, 6.07) is 17.5. The van der Waals surface area contributed by atoms with Crippen LogP contribution in [0.3, 0.4) is 0 Å². The molecular formula is C24H32N2O4S. The topological polar surface area (TPSA) is 66.9 Å². The summed E-state index contributed by atoms with van der Waals surface area (Å²) in [5.74, 6) is 1.32. The predicted octanol–water partition coefficient (Wildman–Crippen LogP) is 3.72. The van der Waals surface area contributed by atoms with Crippen LogP contribution in [-0.4, -0.2) is 52.2 Å². The summed E-state index contributed by atoms with van der Waals surface area (Å²) in [6.07, 6.45) is 5.10. The quantitative estimate of drug-likeness (QED) is 0.591.